The number of sulfone groups is 1. The third-order valence-corrected chi connectivity index (χ3v) is 7.11. The van der Waals surface area contributed by atoms with Gasteiger partial charge in [-0.2, -0.15) is 0 Å². The number of pyridine rings is 1. The van der Waals surface area contributed by atoms with Crippen molar-refractivity contribution in [2.75, 3.05) is 18.8 Å². The van der Waals surface area contributed by atoms with E-state index >= 15 is 0 Å². The van der Waals surface area contributed by atoms with Crippen LogP contribution in [0.5, 0.6) is 0 Å². The monoisotopic (exact) mass is 324 g/mol. The van der Waals surface area contributed by atoms with Crippen molar-refractivity contribution in [3.63, 3.8) is 0 Å². The minimum Gasteiger partial charge on any atom is -0.373 e. The van der Waals surface area contributed by atoms with E-state index in [1.54, 1.807) is 12.4 Å². The summed E-state index contributed by atoms with van der Waals surface area (Å²) in [5.74, 6) is 0.343. The summed E-state index contributed by atoms with van der Waals surface area (Å²) in [6.45, 7) is 6.21. The normalized spacial score (nSPS) is 31.3. The summed E-state index contributed by atoms with van der Waals surface area (Å²) in [6, 6.07) is 4.25. The van der Waals surface area contributed by atoms with Gasteiger partial charge in [-0.3, -0.25) is 9.88 Å². The number of fused-ring (bicyclic) bond motifs is 1. The molecule has 2 aliphatic heterocycles. The zero-order valence-corrected chi connectivity index (χ0v) is 14.0. The molecule has 22 heavy (non-hydrogen) atoms. The van der Waals surface area contributed by atoms with Crippen molar-refractivity contribution in [3.8, 4) is 0 Å². The fourth-order valence-corrected chi connectivity index (χ4v) is 5.60. The van der Waals surface area contributed by atoms with Crippen molar-refractivity contribution in [1.29, 1.82) is 0 Å². The van der Waals surface area contributed by atoms with Crippen LogP contribution >= 0.6 is 0 Å². The number of hydrogen-bond donors (Lipinski definition) is 0. The second kappa shape index (κ2) is 6.26. The molecule has 3 rings (SSSR count). The first-order valence-corrected chi connectivity index (χ1v) is 9.65. The molecule has 2 aliphatic rings. The van der Waals surface area contributed by atoms with E-state index in [0.717, 1.165) is 12.1 Å². The minimum absolute atomic E-state index is 0.0254. The van der Waals surface area contributed by atoms with E-state index in [1.807, 2.05) is 12.1 Å². The fourth-order valence-electron chi connectivity index (χ4n) is 3.53. The lowest BCUT2D eigenvalue weighted by Gasteiger charge is -2.32. The van der Waals surface area contributed by atoms with E-state index < -0.39 is 9.84 Å². The van der Waals surface area contributed by atoms with Gasteiger partial charge in [-0.05, 0) is 31.9 Å². The smallest absolute Gasteiger partial charge is 0.154 e. The molecule has 0 radical (unpaired) electrons. The van der Waals surface area contributed by atoms with E-state index in [1.165, 1.54) is 0 Å². The molecule has 0 N–H and O–H groups in total. The van der Waals surface area contributed by atoms with Crippen LogP contribution in [0, 0.1) is 5.92 Å². The summed E-state index contributed by atoms with van der Waals surface area (Å²) in [6.07, 6.45) is 4.17. The van der Waals surface area contributed by atoms with Crippen molar-refractivity contribution >= 4 is 9.84 Å². The lowest BCUT2D eigenvalue weighted by molar-refractivity contribution is -0.00158. The molecule has 3 heterocycles. The summed E-state index contributed by atoms with van der Waals surface area (Å²) >= 11 is 0. The zero-order valence-electron chi connectivity index (χ0n) is 13.2. The first-order valence-electron chi connectivity index (χ1n) is 7.93. The summed E-state index contributed by atoms with van der Waals surface area (Å²) in [5, 5.41) is -0.262. The average molecular weight is 324 g/mol. The predicted octanol–water partition coefficient (Wildman–Crippen LogP) is 1.49. The third kappa shape index (κ3) is 3.19. The number of hydrogen-bond acceptors (Lipinski definition) is 5. The minimum atomic E-state index is -2.98. The Morgan fingerprint density at radius 3 is 2.91 bits per heavy atom. The van der Waals surface area contributed by atoms with Gasteiger partial charge in [0, 0.05) is 37.4 Å². The van der Waals surface area contributed by atoms with E-state index in [-0.39, 0.29) is 23.0 Å². The van der Waals surface area contributed by atoms with Gasteiger partial charge >= 0.3 is 0 Å². The Labute approximate surface area is 132 Å². The van der Waals surface area contributed by atoms with Gasteiger partial charge in [0.25, 0.3) is 0 Å². The van der Waals surface area contributed by atoms with Crippen molar-refractivity contribution in [2.45, 2.75) is 44.3 Å². The van der Waals surface area contributed by atoms with Crippen molar-refractivity contribution in [3.05, 3.63) is 30.1 Å². The molecule has 0 saturated carbocycles. The molecule has 5 nitrogen and oxygen atoms in total. The quantitative estimate of drug-likeness (QED) is 0.840. The Morgan fingerprint density at radius 2 is 2.23 bits per heavy atom. The molecule has 0 spiro atoms. The molecule has 0 aromatic carbocycles. The predicted molar refractivity (Wildman–Crippen MR) is 85.2 cm³/mol. The maximum Gasteiger partial charge on any atom is 0.154 e. The van der Waals surface area contributed by atoms with Crippen LogP contribution in [-0.4, -0.2) is 54.5 Å². The molecule has 3 atom stereocenters. The highest BCUT2D eigenvalue weighted by molar-refractivity contribution is 7.92. The van der Waals surface area contributed by atoms with Crippen LogP contribution in [0.3, 0.4) is 0 Å². The van der Waals surface area contributed by atoms with Gasteiger partial charge in [-0.15, -0.1) is 0 Å². The van der Waals surface area contributed by atoms with Crippen LogP contribution in [0.2, 0.25) is 0 Å². The van der Waals surface area contributed by atoms with Crippen molar-refractivity contribution < 1.29 is 13.2 Å². The van der Waals surface area contributed by atoms with Gasteiger partial charge in [-0.25, -0.2) is 8.42 Å². The number of nitrogens with zero attached hydrogens (tertiary/aromatic N) is 2. The Balaban J connectivity index is 1.70. The number of rotatable bonds is 4. The Bertz CT molecular complexity index is 603. The molecule has 0 aliphatic carbocycles. The molecule has 0 bridgehead atoms. The largest absolute Gasteiger partial charge is 0.373 e. The van der Waals surface area contributed by atoms with Gasteiger partial charge < -0.3 is 4.74 Å². The van der Waals surface area contributed by atoms with Gasteiger partial charge in [0.2, 0.25) is 0 Å². The van der Waals surface area contributed by atoms with Gasteiger partial charge in [0.15, 0.2) is 9.84 Å². The molecular weight excluding hydrogens is 300 g/mol. The van der Waals surface area contributed by atoms with Crippen LogP contribution in [0.1, 0.15) is 25.8 Å². The third-order valence-electron chi connectivity index (χ3n) is 4.88. The molecule has 2 saturated heterocycles. The molecule has 0 amide bonds. The average Bonchev–Trinajstić information content (AvgIpc) is 2.95. The summed E-state index contributed by atoms with van der Waals surface area (Å²) in [7, 11) is -2.98. The van der Waals surface area contributed by atoms with Gasteiger partial charge in [0.05, 0.1) is 23.7 Å². The van der Waals surface area contributed by atoms with E-state index in [9.17, 15) is 8.42 Å². The van der Waals surface area contributed by atoms with Crippen LogP contribution in [0.25, 0.3) is 0 Å². The standard InChI is InChI=1S/C16H24N2O3S/c1-12(2)18-9-14-15(5-7-22(19,20)16(14)10-18)21-11-13-4-3-6-17-8-13/h3-4,6,8,12,14-16H,5,7,9-11H2,1-2H3/t14-,15-,16-/m1/s1. The maximum atomic E-state index is 12.4. The molecule has 1 aromatic rings. The highest BCUT2D eigenvalue weighted by atomic mass is 32.2. The first-order chi connectivity index (χ1) is 10.5. The molecule has 2 fully saturated rings. The molecule has 6 heteroatoms. The Kier molecular flexibility index (Phi) is 4.52. The highest BCUT2D eigenvalue weighted by Gasteiger charge is 2.49. The molecule has 1 aromatic heterocycles. The van der Waals surface area contributed by atoms with Crippen LogP contribution in [-0.2, 0) is 21.2 Å². The van der Waals surface area contributed by atoms with Crippen LogP contribution < -0.4 is 0 Å². The zero-order chi connectivity index (χ0) is 15.7. The molecular formula is C16H24N2O3S. The lowest BCUT2D eigenvalue weighted by atomic mass is 9.98. The van der Waals surface area contributed by atoms with Crippen molar-refractivity contribution in [1.82, 2.24) is 9.88 Å². The van der Waals surface area contributed by atoms with Crippen LogP contribution in [0.4, 0.5) is 0 Å². The van der Waals surface area contributed by atoms with E-state index in [2.05, 4.69) is 23.7 Å². The van der Waals surface area contributed by atoms with E-state index in [0.29, 0.717) is 25.6 Å². The van der Waals surface area contributed by atoms with Gasteiger partial charge in [-0.1, -0.05) is 6.07 Å². The topological polar surface area (TPSA) is 59.5 Å². The van der Waals surface area contributed by atoms with Gasteiger partial charge in [0.1, 0.15) is 0 Å². The molecule has 122 valence electrons. The summed E-state index contributed by atoms with van der Waals surface area (Å²) in [5.41, 5.74) is 1.03. The highest BCUT2D eigenvalue weighted by Crippen LogP contribution is 2.35. The Morgan fingerprint density at radius 1 is 1.41 bits per heavy atom. The summed E-state index contributed by atoms with van der Waals surface area (Å²) in [4.78, 5) is 6.35. The second-order valence-corrected chi connectivity index (χ2v) is 8.96. The molecule has 0 unspecified atom stereocenters. The second-order valence-electron chi connectivity index (χ2n) is 6.62. The number of likely N-dealkylation sites (tertiary alicyclic amines) is 1. The van der Waals surface area contributed by atoms with E-state index in [4.69, 9.17) is 4.74 Å². The number of aromatic nitrogens is 1. The first kappa shape index (κ1) is 15.9. The lowest BCUT2D eigenvalue weighted by Crippen LogP contribution is -2.44. The maximum absolute atomic E-state index is 12.4. The van der Waals surface area contributed by atoms with Crippen molar-refractivity contribution in [2.24, 2.45) is 5.92 Å². The number of ether oxygens (including phenoxy) is 1. The summed E-state index contributed by atoms with van der Waals surface area (Å²) < 4.78 is 30.8. The Hall–Kier alpha value is -0.980. The SMILES string of the molecule is CC(C)N1C[C@H]2[C@@H](C1)S(=O)(=O)CC[C@H]2OCc1cccnc1. The fraction of sp³-hybridized carbons (Fsp3) is 0.688. The van der Waals surface area contributed by atoms with Crippen LogP contribution in [0.15, 0.2) is 24.5 Å².